The highest BCUT2D eigenvalue weighted by atomic mass is 35.5. The van der Waals surface area contributed by atoms with E-state index in [0.717, 1.165) is 5.56 Å². The molecule has 16 heavy (non-hydrogen) atoms. The monoisotopic (exact) mass is 245 g/mol. The zero-order valence-electron chi connectivity index (χ0n) is 9.59. The van der Waals surface area contributed by atoms with Gasteiger partial charge in [0, 0.05) is 24.2 Å². The summed E-state index contributed by atoms with van der Waals surface area (Å²) in [6.07, 6.45) is 0. The summed E-state index contributed by atoms with van der Waals surface area (Å²) in [6, 6.07) is 4.68. The Kier molecular flexibility index (Phi) is 5.74. The summed E-state index contributed by atoms with van der Waals surface area (Å²) in [5.41, 5.74) is 0.895. The van der Waals surface area contributed by atoms with Crippen molar-refractivity contribution in [1.29, 1.82) is 0 Å². The van der Waals surface area contributed by atoms with Gasteiger partial charge in [-0.05, 0) is 31.5 Å². The number of rotatable bonds is 6. The van der Waals surface area contributed by atoms with E-state index >= 15 is 0 Å². The maximum Gasteiger partial charge on any atom is 0.124 e. The highest BCUT2D eigenvalue weighted by Crippen LogP contribution is 2.16. The van der Waals surface area contributed by atoms with Crippen molar-refractivity contribution in [3.8, 4) is 0 Å². The van der Waals surface area contributed by atoms with Crippen LogP contribution in [-0.2, 0) is 11.3 Å². The molecule has 0 amide bonds. The molecule has 0 saturated heterocycles. The van der Waals surface area contributed by atoms with E-state index in [4.69, 9.17) is 16.3 Å². The topological polar surface area (TPSA) is 21.3 Å². The lowest BCUT2D eigenvalue weighted by atomic mass is 10.2. The normalized spacial score (nSPS) is 12.8. The summed E-state index contributed by atoms with van der Waals surface area (Å²) in [5.74, 6) is -0.309. The van der Waals surface area contributed by atoms with Crippen LogP contribution in [0.1, 0.15) is 19.4 Å². The van der Waals surface area contributed by atoms with E-state index in [1.807, 2.05) is 13.8 Å². The summed E-state index contributed by atoms with van der Waals surface area (Å²) in [6.45, 7) is 5.99. The minimum atomic E-state index is -0.309. The minimum absolute atomic E-state index is 0.251. The molecule has 0 heterocycles. The second-order valence-corrected chi connectivity index (χ2v) is 4.08. The molecule has 0 aliphatic heterocycles. The molecule has 0 radical (unpaired) electrons. The van der Waals surface area contributed by atoms with Gasteiger partial charge in [0.05, 0.1) is 6.61 Å². The van der Waals surface area contributed by atoms with Gasteiger partial charge in [-0.1, -0.05) is 17.7 Å². The van der Waals surface area contributed by atoms with Gasteiger partial charge in [0.2, 0.25) is 0 Å². The van der Waals surface area contributed by atoms with Gasteiger partial charge in [0.15, 0.2) is 0 Å². The molecule has 90 valence electrons. The molecule has 1 N–H and O–H groups in total. The minimum Gasteiger partial charge on any atom is -0.380 e. The third-order valence-corrected chi connectivity index (χ3v) is 2.58. The summed E-state index contributed by atoms with van der Waals surface area (Å²) in [7, 11) is 0. The van der Waals surface area contributed by atoms with E-state index in [1.165, 1.54) is 12.1 Å². The second-order valence-electron chi connectivity index (χ2n) is 3.68. The molecule has 1 atom stereocenters. The number of halogens is 2. The van der Waals surface area contributed by atoms with Gasteiger partial charge in [-0.15, -0.1) is 0 Å². The summed E-state index contributed by atoms with van der Waals surface area (Å²) in [4.78, 5) is 0. The van der Waals surface area contributed by atoms with Crippen molar-refractivity contribution in [2.24, 2.45) is 0 Å². The Morgan fingerprint density at radius 2 is 2.25 bits per heavy atom. The zero-order valence-corrected chi connectivity index (χ0v) is 10.4. The van der Waals surface area contributed by atoms with Crippen molar-refractivity contribution in [3.05, 3.63) is 34.6 Å². The largest absolute Gasteiger partial charge is 0.380 e. The summed E-state index contributed by atoms with van der Waals surface area (Å²) >= 11 is 5.91. The Labute approximate surface area is 101 Å². The van der Waals surface area contributed by atoms with Crippen LogP contribution in [0.5, 0.6) is 0 Å². The molecule has 0 saturated carbocycles. The van der Waals surface area contributed by atoms with Gasteiger partial charge < -0.3 is 10.1 Å². The van der Waals surface area contributed by atoms with Crippen molar-refractivity contribution in [3.63, 3.8) is 0 Å². The lowest BCUT2D eigenvalue weighted by Crippen LogP contribution is -2.30. The Morgan fingerprint density at radius 1 is 1.50 bits per heavy atom. The number of ether oxygens (including phenoxy) is 1. The van der Waals surface area contributed by atoms with E-state index in [2.05, 4.69) is 5.32 Å². The fourth-order valence-electron chi connectivity index (χ4n) is 1.30. The highest BCUT2D eigenvalue weighted by Gasteiger charge is 2.04. The molecular formula is C12H17ClFNO. The highest BCUT2D eigenvalue weighted by molar-refractivity contribution is 6.31. The van der Waals surface area contributed by atoms with Crippen molar-refractivity contribution in [2.45, 2.75) is 26.4 Å². The zero-order chi connectivity index (χ0) is 12.0. The van der Waals surface area contributed by atoms with Gasteiger partial charge in [-0.3, -0.25) is 0 Å². The molecule has 0 aliphatic rings. The molecule has 0 spiro atoms. The van der Waals surface area contributed by atoms with E-state index < -0.39 is 0 Å². The number of hydrogen-bond donors (Lipinski definition) is 1. The molecule has 2 nitrogen and oxygen atoms in total. The van der Waals surface area contributed by atoms with Crippen molar-refractivity contribution < 1.29 is 9.13 Å². The van der Waals surface area contributed by atoms with Crippen molar-refractivity contribution in [2.75, 3.05) is 13.2 Å². The first kappa shape index (κ1) is 13.4. The second kappa shape index (κ2) is 6.84. The van der Waals surface area contributed by atoms with Gasteiger partial charge in [0.1, 0.15) is 5.82 Å². The van der Waals surface area contributed by atoms with Crippen molar-refractivity contribution >= 4 is 11.6 Å². The van der Waals surface area contributed by atoms with E-state index in [-0.39, 0.29) is 11.9 Å². The lowest BCUT2D eigenvalue weighted by molar-refractivity contribution is 0.127. The standard InChI is InChI=1S/C12H17ClFNO/c1-3-16-8-9(2)15-7-10-4-5-11(14)6-12(10)13/h4-6,9,15H,3,7-8H2,1-2H3. The lowest BCUT2D eigenvalue weighted by Gasteiger charge is -2.14. The maximum absolute atomic E-state index is 12.8. The van der Waals surface area contributed by atoms with Crippen LogP contribution in [0.2, 0.25) is 5.02 Å². The van der Waals surface area contributed by atoms with Crippen LogP contribution in [0, 0.1) is 5.82 Å². The van der Waals surface area contributed by atoms with E-state index in [1.54, 1.807) is 6.07 Å². The Balaban J connectivity index is 2.42. The number of benzene rings is 1. The third-order valence-electron chi connectivity index (χ3n) is 2.23. The Hall–Kier alpha value is -0.640. The number of hydrogen-bond acceptors (Lipinski definition) is 2. The molecule has 1 unspecified atom stereocenters. The predicted octanol–water partition coefficient (Wildman–Crippen LogP) is 2.99. The molecule has 0 bridgehead atoms. The molecule has 0 aromatic heterocycles. The molecule has 1 aromatic rings. The van der Waals surface area contributed by atoms with Crippen LogP contribution >= 0.6 is 11.6 Å². The molecule has 0 aliphatic carbocycles. The average molecular weight is 246 g/mol. The molecule has 1 aromatic carbocycles. The first-order chi connectivity index (χ1) is 7.63. The summed E-state index contributed by atoms with van der Waals surface area (Å²) in [5, 5.41) is 3.72. The van der Waals surface area contributed by atoms with Crippen LogP contribution in [-0.4, -0.2) is 19.3 Å². The maximum atomic E-state index is 12.8. The van der Waals surface area contributed by atoms with Crippen LogP contribution < -0.4 is 5.32 Å². The number of nitrogens with one attached hydrogen (secondary N) is 1. The SMILES string of the molecule is CCOCC(C)NCc1ccc(F)cc1Cl. The molecule has 4 heteroatoms. The van der Waals surface area contributed by atoms with Crippen LogP contribution in [0.25, 0.3) is 0 Å². The van der Waals surface area contributed by atoms with Crippen LogP contribution in [0.4, 0.5) is 4.39 Å². The van der Waals surface area contributed by atoms with Crippen LogP contribution in [0.3, 0.4) is 0 Å². The summed E-state index contributed by atoms with van der Waals surface area (Å²) < 4.78 is 18.1. The first-order valence-electron chi connectivity index (χ1n) is 5.38. The van der Waals surface area contributed by atoms with E-state index in [0.29, 0.717) is 24.8 Å². The Bertz CT molecular complexity index is 333. The predicted molar refractivity (Wildman–Crippen MR) is 64.2 cm³/mol. The molecular weight excluding hydrogens is 229 g/mol. The van der Waals surface area contributed by atoms with Gasteiger partial charge in [-0.2, -0.15) is 0 Å². The van der Waals surface area contributed by atoms with Gasteiger partial charge in [-0.25, -0.2) is 4.39 Å². The first-order valence-corrected chi connectivity index (χ1v) is 5.76. The van der Waals surface area contributed by atoms with Gasteiger partial charge in [0.25, 0.3) is 0 Å². The average Bonchev–Trinajstić information content (AvgIpc) is 2.25. The smallest absolute Gasteiger partial charge is 0.124 e. The molecule has 1 rings (SSSR count). The van der Waals surface area contributed by atoms with Crippen LogP contribution in [0.15, 0.2) is 18.2 Å². The van der Waals surface area contributed by atoms with E-state index in [9.17, 15) is 4.39 Å². The Morgan fingerprint density at radius 3 is 2.88 bits per heavy atom. The quantitative estimate of drug-likeness (QED) is 0.832. The fourth-order valence-corrected chi connectivity index (χ4v) is 1.54. The van der Waals surface area contributed by atoms with Crippen molar-refractivity contribution in [1.82, 2.24) is 5.32 Å². The van der Waals surface area contributed by atoms with Gasteiger partial charge >= 0.3 is 0 Å². The third kappa shape index (κ3) is 4.47. The fraction of sp³-hybridized carbons (Fsp3) is 0.500. The molecule has 0 fully saturated rings.